The summed E-state index contributed by atoms with van der Waals surface area (Å²) >= 11 is 0. The Bertz CT molecular complexity index is 424. The second kappa shape index (κ2) is 4.44. The number of pyridine rings is 1. The van der Waals surface area contributed by atoms with Crippen molar-refractivity contribution in [2.75, 3.05) is 37.3 Å². The molecule has 1 saturated heterocycles. The van der Waals surface area contributed by atoms with Gasteiger partial charge in [-0.15, -0.1) is 0 Å². The first-order valence-corrected chi connectivity index (χ1v) is 5.55. The van der Waals surface area contributed by atoms with Crippen LogP contribution in [0.3, 0.4) is 0 Å². The van der Waals surface area contributed by atoms with Crippen molar-refractivity contribution in [3.8, 4) is 0 Å². The first-order valence-electron chi connectivity index (χ1n) is 5.55. The van der Waals surface area contributed by atoms with E-state index < -0.39 is 11.6 Å². The molecular formula is C11H16F2N4. The van der Waals surface area contributed by atoms with Crippen molar-refractivity contribution in [3.05, 3.63) is 17.7 Å². The lowest BCUT2D eigenvalue weighted by Gasteiger charge is -2.39. The monoisotopic (exact) mass is 242 g/mol. The summed E-state index contributed by atoms with van der Waals surface area (Å²) in [4.78, 5) is 7.79. The molecule has 0 saturated carbocycles. The number of nitrogen functional groups attached to an aromatic ring is 1. The first-order chi connectivity index (χ1) is 7.99. The van der Waals surface area contributed by atoms with Gasteiger partial charge in [0.2, 0.25) is 0 Å². The van der Waals surface area contributed by atoms with E-state index in [0.717, 1.165) is 19.2 Å². The van der Waals surface area contributed by atoms with E-state index >= 15 is 0 Å². The fourth-order valence-corrected chi connectivity index (χ4v) is 2.13. The average molecular weight is 242 g/mol. The Labute approximate surface area is 99.0 Å². The molecular weight excluding hydrogens is 226 g/mol. The number of piperazine rings is 1. The molecule has 1 aromatic rings. The molecule has 2 N–H and O–H groups in total. The number of anilines is 2. The number of aromatic nitrogens is 1. The number of hydrogen-bond acceptors (Lipinski definition) is 4. The van der Waals surface area contributed by atoms with Crippen LogP contribution in [0.25, 0.3) is 0 Å². The molecule has 6 heteroatoms. The lowest BCUT2D eigenvalue weighted by Crippen LogP contribution is -2.51. The highest BCUT2D eigenvalue weighted by Crippen LogP contribution is 2.24. The van der Waals surface area contributed by atoms with E-state index in [9.17, 15) is 8.78 Å². The Morgan fingerprint density at radius 1 is 1.35 bits per heavy atom. The second-order valence-electron chi connectivity index (χ2n) is 4.47. The maximum absolute atomic E-state index is 13.7. The zero-order valence-electron chi connectivity index (χ0n) is 9.95. The van der Waals surface area contributed by atoms with Gasteiger partial charge in [0.25, 0.3) is 0 Å². The minimum Gasteiger partial charge on any atom is -0.381 e. The third-order valence-electron chi connectivity index (χ3n) is 3.04. The quantitative estimate of drug-likeness (QED) is 0.800. The zero-order chi connectivity index (χ0) is 12.6. The molecule has 2 heterocycles. The largest absolute Gasteiger partial charge is 0.381 e. The Morgan fingerprint density at radius 2 is 2.06 bits per heavy atom. The van der Waals surface area contributed by atoms with Gasteiger partial charge in [-0.2, -0.15) is 0 Å². The van der Waals surface area contributed by atoms with Gasteiger partial charge < -0.3 is 15.5 Å². The Balaban J connectivity index is 2.31. The summed E-state index contributed by atoms with van der Waals surface area (Å²) in [7, 11) is 2.01. The maximum atomic E-state index is 13.7. The molecule has 1 unspecified atom stereocenters. The fourth-order valence-electron chi connectivity index (χ4n) is 2.13. The van der Waals surface area contributed by atoms with E-state index in [1.54, 1.807) is 0 Å². The van der Waals surface area contributed by atoms with Gasteiger partial charge >= 0.3 is 0 Å². The highest BCUT2D eigenvalue weighted by atomic mass is 19.1. The minimum absolute atomic E-state index is 0.126. The predicted octanol–water partition coefficient (Wildman–Crippen LogP) is 1.08. The SMILES string of the molecule is CC1CN(C)CCN1c1nc(N)c(F)cc1F. The topological polar surface area (TPSA) is 45.4 Å². The van der Waals surface area contributed by atoms with E-state index in [2.05, 4.69) is 9.88 Å². The summed E-state index contributed by atoms with van der Waals surface area (Å²) < 4.78 is 26.7. The maximum Gasteiger partial charge on any atom is 0.168 e. The van der Waals surface area contributed by atoms with Crippen LogP contribution in [0.5, 0.6) is 0 Å². The van der Waals surface area contributed by atoms with Crippen LogP contribution in [0.15, 0.2) is 6.07 Å². The van der Waals surface area contributed by atoms with Crippen LogP contribution in [-0.2, 0) is 0 Å². The molecule has 0 amide bonds. The predicted molar refractivity (Wildman–Crippen MR) is 62.9 cm³/mol. The standard InChI is InChI=1S/C11H16F2N4/c1-7-6-16(2)3-4-17(7)11-9(13)5-8(12)10(14)15-11/h5,7H,3-4,6H2,1-2H3,(H2,14,15). The summed E-state index contributed by atoms with van der Waals surface area (Å²) in [5.41, 5.74) is 5.38. The van der Waals surface area contributed by atoms with Crippen molar-refractivity contribution in [1.29, 1.82) is 0 Å². The lowest BCUT2D eigenvalue weighted by atomic mass is 10.2. The third kappa shape index (κ3) is 2.31. The Hall–Kier alpha value is -1.43. The highest BCUT2D eigenvalue weighted by molar-refractivity contribution is 5.48. The number of hydrogen-bond donors (Lipinski definition) is 1. The van der Waals surface area contributed by atoms with E-state index in [1.807, 2.05) is 18.9 Å². The molecule has 17 heavy (non-hydrogen) atoms. The van der Waals surface area contributed by atoms with E-state index in [4.69, 9.17) is 5.73 Å². The number of nitrogens with zero attached hydrogens (tertiary/aromatic N) is 3. The van der Waals surface area contributed by atoms with Gasteiger partial charge in [0.15, 0.2) is 23.3 Å². The van der Waals surface area contributed by atoms with Gasteiger partial charge in [-0.3, -0.25) is 0 Å². The summed E-state index contributed by atoms with van der Waals surface area (Å²) in [6.45, 7) is 4.28. The van der Waals surface area contributed by atoms with Gasteiger partial charge in [0, 0.05) is 31.7 Å². The van der Waals surface area contributed by atoms with Gasteiger partial charge in [-0.05, 0) is 14.0 Å². The van der Waals surface area contributed by atoms with Crippen LogP contribution >= 0.6 is 0 Å². The molecule has 1 atom stereocenters. The van der Waals surface area contributed by atoms with Crippen molar-refractivity contribution >= 4 is 11.6 Å². The number of halogens is 2. The third-order valence-corrected chi connectivity index (χ3v) is 3.04. The van der Waals surface area contributed by atoms with Crippen molar-refractivity contribution in [3.63, 3.8) is 0 Å². The van der Waals surface area contributed by atoms with Crippen LogP contribution in [0.4, 0.5) is 20.4 Å². The molecule has 4 nitrogen and oxygen atoms in total. The van der Waals surface area contributed by atoms with Crippen molar-refractivity contribution in [2.45, 2.75) is 13.0 Å². The van der Waals surface area contributed by atoms with Crippen molar-refractivity contribution in [2.24, 2.45) is 0 Å². The highest BCUT2D eigenvalue weighted by Gasteiger charge is 2.25. The minimum atomic E-state index is -0.812. The Kier molecular flexibility index (Phi) is 3.15. The van der Waals surface area contributed by atoms with Gasteiger partial charge in [-0.1, -0.05) is 0 Å². The molecule has 2 rings (SSSR count). The lowest BCUT2D eigenvalue weighted by molar-refractivity contribution is 0.273. The first kappa shape index (κ1) is 12.0. The summed E-state index contributed by atoms with van der Waals surface area (Å²) in [6, 6.07) is 0.920. The molecule has 1 aliphatic rings. The van der Waals surface area contributed by atoms with Gasteiger partial charge in [-0.25, -0.2) is 13.8 Å². The fraction of sp³-hybridized carbons (Fsp3) is 0.545. The van der Waals surface area contributed by atoms with Gasteiger partial charge in [0.05, 0.1) is 0 Å². The van der Waals surface area contributed by atoms with E-state index in [-0.39, 0.29) is 17.7 Å². The molecule has 0 aromatic carbocycles. The smallest absolute Gasteiger partial charge is 0.168 e. The number of rotatable bonds is 1. The van der Waals surface area contributed by atoms with Crippen molar-refractivity contribution in [1.82, 2.24) is 9.88 Å². The molecule has 1 aliphatic heterocycles. The van der Waals surface area contributed by atoms with Crippen LogP contribution in [-0.4, -0.2) is 42.6 Å². The van der Waals surface area contributed by atoms with Crippen LogP contribution < -0.4 is 10.6 Å². The average Bonchev–Trinajstić information content (AvgIpc) is 2.24. The number of nitrogens with two attached hydrogens (primary N) is 1. The Morgan fingerprint density at radius 3 is 2.71 bits per heavy atom. The summed E-state index contributed by atoms with van der Waals surface area (Å²) in [6.07, 6.45) is 0. The van der Waals surface area contributed by atoms with Crippen LogP contribution in [0.2, 0.25) is 0 Å². The van der Waals surface area contributed by atoms with Gasteiger partial charge in [0.1, 0.15) is 0 Å². The van der Waals surface area contributed by atoms with Crippen LogP contribution in [0.1, 0.15) is 6.92 Å². The van der Waals surface area contributed by atoms with E-state index in [1.165, 1.54) is 0 Å². The number of likely N-dealkylation sites (N-methyl/N-ethyl adjacent to an activating group) is 1. The normalized spacial score (nSPS) is 21.9. The van der Waals surface area contributed by atoms with E-state index in [0.29, 0.717) is 6.54 Å². The zero-order valence-corrected chi connectivity index (χ0v) is 9.95. The molecule has 1 aromatic heterocycles. The van der Waals surface area contributed by atoms with Crippen LogP contribution in [0, 0.1) is 11.6 Å². The van der Waals surface area contributed by atoms with Crippen molar-refractivity contribution < 1.29 is 8.78 Å². The summed E-state index contributed by atoms with van der Waals surface area (Å²) in [5, 5.41) is 0. The molecule has 0 bridgehead atoms. The second-order valence-corrected chi connectivity index (χ2v) is 4.47. The molecule has 94 valence electrons. The molecule has 1 fully saturated rings. The molecule has 0 spiro atoms. The molecule has 0 radical (unpaired) electrons. The molecule has 0 aliphatic carbocycles. The summed E-state index contributed by atoms with van der Waals surface area (Å²) in [5.74, 6) is -1.59.